The zero-order valence-corrected chi connectivity index (χ0v) is 14.6. The average Bonchev–Trinajstić information content (AvgIpc) is 3.10. The van der Waals surface area contributed by atoms with Crippen molar-refractivity contribution >= 4 is 11.9 Å². The van der Waals surface area contributed by atoms with Crippen LogP contribution in [0, 0.1) is 11.8 Å². The van der Waals surface area contributed by atoms with Crippen LogP contribution < -0.4 is 15.6 Å². The highest BCUT2D eigenvalue weighted by molar-refractivity contribution is 5.82. The SMILES string of the molecule is COc1ccc(C2CC(C(=O)N3CCC(C(=O)O)C(C)C3)NN2)cc1. The van der Waals surface area contributed by atoms with Crippen molar-refractivity contribution in [2.24, 2.45) is 11.8 Å². The molecule has 2 saturated heterocycles. The number of hydrogen-bond donors (Lipinski definition) is 3. The second kappa shape index (κ2) is 7.41. The highest BCUT2D eigenvalue weighted by Gasteiger charge is 2.37. The second-order valence-corrected chi connectivity index (χ2v) is 6.90. The third-order valence-corrected chi connectivity index (χ3v) is 5.25. The van der Waals surface area contributed by atoms with Gasteiger partial charge in [-0.2, -0.15) is 0 Å². The molecule has 4 atom stereocenters. The maximum Gasteiger partial charge on any atom is 0.306 e. The van der Waals surface area contributed by atoms with Crippen molar-refractivity contribution in [3.8, 4) is 5.75 Å². The summed E-state index contributed by atoms with van der Waals surface area (Å²) in [6.07, 6.45) is 1.18. The molecule has 2 heterocycles. The van der Waals surface area contributed by atoms with Gasteiger partial charge in [-0.1, -0.05) is 19.1 Å². The molecule has 0 aromatic heterocycles. The van der Waals surface area contributed by atoms with Gasteiger partial charge in [-0.05, 0) is 36.5 Å². The third-order valence-electron chi connectivity index (χ3n) is 5.25. The molecule has 1 aromatic rings. The quantitative estimate of drug-likeness (QED) is 0.757. The van der Waals surface area contributed by atoms with E-state index in [-0.39, 0.29) is 29.8 Å². The van der Waals surface area contributed by atoms with E-state index in [1.54, 1.807) is 12.0 Å². The van der Waals surface area contributed by atoms with Gasteiger partial charge in [-0.25, -0.2) is 10.9 Å². The molecule has 0 aliphatic carbocycles. The molecule has 1 amide bonds. The first-order valence-electron chi connectivity index (χ1n) is 8.66. The summed E-state index contributed by atoms with van der Waals surface area (Å²) < 4.78 is 5.17. The molecule has 0 spiro atoms. The number of nitrogens with zero attached hydrogens (tertiary/aromatic N) is 1. The summed E-state index contributed by atoms with van der Waals surface area (Å²) in [5, 5.41) is 9.21. The number of benzene rings is 1. The summed E-state index contributed by atoms with van der Waals surface area (Å²) in [6, 6.07) is 7.57. The highest BCUT2D eigenvalue weighted by Crippen LogP contribution is 2.28. The van der Waals surface area contributed by atoms with Crippen LogP contribution in [0.25, 0.3) is 0 Å². The van der Waals surface area contributed by atoms with Gasteiger partial charge < -0.3 is 14.7 Å². The fourth-order valence-electron chi connectivity index (χ4n) is 3.71. The van der Waals surface area contributed by atoms with Gasteiger partial charge in [-0.3, -0.25) is 9.59 Å². The highest BCUT2D eigenvalue weighted by atomic mass is 16.5. The van der Waals surface area contributed by atoms with Gasteiger partial charge in [-0.15, -0.1) is 0 Å². The number of hydrazine groups is 1. The molecule has 0 radical (unpaired) electrons. The van der Waals surface area contributed by atoms with Crippen LogP contribution in [0.3, 0.4) is 0 Å². The first-order valence-corrected chi connectivity index (χ1v) is 8.66. The second-order valence-electron chi connectivity index (χ2n) is 6.90. The Bertz CT molecular complexity index is 634. The smallest absolute Gasteiger partial charge is 0.306 e. The standard InChI is InChI=1S/C18H25N3O4/c1-11-10-21(8-7-14(11)18(23)24)17(22)16-9-15(19-20-16)12-3-5-13(25-2)6-4-12/h3-6,11,14-16,19-20H,7-10H2,1-2H3,(H,23,24). The minimum Gasteiger partial charge on any atom is -0.497 e. The number of ether oxygens (including phenoxy) is 1. The van der Waals surface area contributed by atoms with E-state index in [0.717, 1.165) is 11.3 Å². The molecule has 2 aliphatic heterocycles. The molecule has 2 aliphatic rings. The predicted molar refractivity (Wildman–Crippen MR) is 91.9 cm³/mol. The number of piperidine rings is 1. The molecule has 25 heavy (non-hydrogen) atoms. The lowest BCUT2D eigenvalue weighted by atomic mass is 9.86. The van der Waals surface area contributed by atoms with Crippen LogP contribution >= 0.6 is 0 Å². The van der Waals surface area contributed by atoms with Crippen LogP contribution in [0.5, 0.6) is 5.75 Å². The Balaban J connectivity index is 1.58. The molecule has 0 bridgehead atoms. The molecular formula is C18H25N3O4. The molecule has 7 nitrogen and oxygen atoms in total. The zero-order chi connectivity index (χ0) is 18.0. The third kappa shape index (κ3) is 3.77. The number of nitrogens with one attached hydrogen (secondary N) is 2. The van der Waals surface area contributed by atoms with Crippen molar-refractivity contribution in [1.29, 1.82) is 0 Å². The lowest BCUT2D eigenvalue weighted by Gasteiger charge is -2.36. The number of hydrogen-bond acceptors (Lipinski definition) is 5. The van der Waals surface area contributed by atoms with Gasteiger partial charge in [0, 0.05) is 19.1 Å². The monoisotopic (exact) mass is 347 g/mol. The number of aliphatic carboxylic acids is 1. The summed E-state index contributed by atoms with van der Waals surface area (Å²) in [4.78, 5) is 25.8. The lowest BCUT2D eigenvalue weighted by Crippen LogP contribution is -2.51. The Morgan fingerprint density at radius 2 is 1.96 bits per heavy atom. The molecule has 0 saturated carbocycles. The van der Waals surface area contributed by atoms with Crippen LogP contribution in [0.1, 0.15) is 31.4 Å². The van der Waals surface area contributed by atoms with Gasteiger partial charge in [0.05, 0.1) is 13.0 Å². The number of rotatable bonds is 4. The topological polar surface area (TPSA) is 90.9 Å². The predicted octanol–water partition coefficient (Wildman–Crippen LogP) is 1.17. The van der Waals surface area contributed by atoms with Crippen LogP contribution in [-0.2, 0) is 9.59 Å². The summed E-state index contributed by atoms with van der Waals surface area (Å²) >= 11 is 0. The number of methoxy groups -OCH3 is 1. The van der Waals surface area contributed by atoms with Crippen LogP contribution in [0.15, 0.2) is 24.3 Å². The molecule has 1 aromatic carbocycles. The molecule has 7 heteroatoms. The maximum atomic E-state index is 12.8. The van der Waals surface area contributed by atoms with Crippen LogP contribution in [0.2, 0.25) is 0 Å². The normalized spacial score (nSPS) is 29.4. The summed E-state index contributed by atoms with van der Waals surface area (Å²) in [6.45, 7) is 2.91. The van der Waals surface area contributed by atoms with E-state index in [9.17, 15) is 14.7 Å². The van der Waals surface area contributed by atoms with E-state index < -0.39 is 5.97 Å². The van der Waals surface area contributed by atoms with Gasteiger partial charge in [0.25, 0.3) is 0 Å². The molecule has 3 rings (SSSR count). The number of carboxylic acids is 1. The van der Waals surface area contributed by atoms with Crippen molar-refractivity contribution in [3.63, 3.8) is 0 Å². The molecular weight excluding hydrogens is 322 g/mol. The molecule has 136 valence electrons. The number of likely N-dealkylation sites (tertiary alicyclic amines) is 1. The number of carbonyl (C=O) groups excluding carboxylic acids is 1. The van der Waals surface area contributed by atoms with E-state index in [1.165, 1.54) is 0 Å². The Kier molecular flexibility index (Phi) is 5.24. The Morgan fingerprint density at radius 3 is 2.56 bits per heavy atom. The Labute approximate surface area is 147 Å². The zero-order valence-electron chi connectivity index (χ0n) is 14.6. The van der Waals surface area contributed by atoms with Crippen molar-refractivity contribution in [2.45, 2.75) is 31.8 Å². The van der Waals surface area contributed by atoms with E-state index in [4.69, 9.17) is 4.74 Å². The Morgan fingerprint density at radius 1 is 1.24 bits per heavy atom. The number of carboxylic acid groups (broad SMARTS) is 1. The summed E-state index contributed by atoms with van der Waals surface area (Å²) in [5.41, 5.74) is 7.38. The van der Waals surface area contributed by atoms with E-state index in [1.807, 2.05) is 31.2 Å². The first-order chi connectivity index (χ1) is 12.0. The van der Waals surface area contributed by atoms with Crippen molar-refractivity contribution in [3.05, 3.63) is 29.8 Å². The number of amides is 1. The van der Waals surface area contributed by atoms with Gasteiger partial charge in [0.1, 0.15) is 11.8 Å². The fraction of sp³-hybridized carbons (Fsp3) is 0.556. The average molecular weight is 347 g/mol. The summed E-state index contributed by atoms with van der Waals surface area (Å²) in [7, 11) is 1.63. The summed E-state index contributed by atoms with van der Waals surface area (Å²) in [5.74, 6) is -0.302. The minimum absolute atomic E-state index is 0.0260. The van der Waals surface area contributed by atoms with E-state index in [0.29, 0.717) is 25.9 Å². The minimum atomic E-state index is -0.764. The largest absolute Gasteiger partial charge is 0.497 e. The van der Waals surface area contributed by atoms with E-state index >= 15 is 0 Å². The van der Waals surface area contributed by atoms with Crippen LogP contribution in [-0.4, -0.2) is 48.1 Å². The maximum absolute atomic E-state index is 12.8. The van der Waals surface area contributed by atoms with Crippen molar-refractivity contribution in [2.75, 3.05) is 20.2 Å². The molecule has 3 N–H and O–H groups in total. The van der Waals surface area contributed by atoms with Gasteiger partial charge >= 0.3 is 5.97 Å². The molecule has 2 fully saturated rings. The van der Waals surface area contributed by atoms with E-state index in [2.05, 4.69) is 10.9 Å². The lowest BCUT2D eigenvalue weighted by molar-refractivity contribution is -0.148. The van der Waals surface area contributed by atoms with Crippen molar-refractivity contribution in [1.82, 2.24) is 15.8 Å². The van der Waals surface area contributed by atoms with Gasteiger partial charge in [0.2, 0.25) is 5.91 Å². The van der Waals surface area contributed by atoms with Crippen LogP contribution in [0.4, 0.5) is 0 Å². The van der Waals surface area contributed by atoms with Crippen molar-refractivity contribution < 1.29 is 19.4 Å². The number of carbonyl (C=O) groups is 2. The first kappa shape index (κ1) is 17.7. The Hall–Kier alpha value is -2.12. The fourth-order valence-corrected chi connectivity index (χ4v) is 3.71. The molecule has 4 unspecified atom stereocenters. The van der Waals surface area contributed by atoms with Gasteiger partial charge in [0.15, 0.2) is 0 Å².